The zero-order valence-electron chi connectivity index (χ0n) is 24.3. The number of aromatic hydroxyl groups is 2. The molecular weight excluding hydrogens is 538 g/mol. The number of benzene rings is 4. The monoisotopic (exact) mass is 573 g/mol. The van der Waals surface area contributed by atoms with E-state index in [1.165, 1.54) is 5.69 Å². The van der Waals surface area contributed by atoms with Gasteiger partial charge in [-0.15, -0.1) is 5.10 Å². The molecule has 0 saturated carbocycles. The minimum absolute atomic E-state index is 0.171. The van der Waals surface area contributed by atoms with Crippen LogP contribution in [0.15, 0.2) is 130 Å². The highest BCUT2D eigenvalue weighted by Gasteiger charge is 2.11. The Morgan fingerprint density at radius 1 is 0.767 bits per heavy atom. The van der Waals surface area contributed by atoms with Crippen LogP contribution >= 0.6 is 0 Å². The van der Waals surface area contributed by atoms with E-state index in [-0.39, 0.29) is 11.5 Å². The highest BCUT2D eigenvalue weighted by Crippen LogP contribution is 2.23. The largest absolute Gasteiger partial charge is 0.508 e. The molecule has 0 spiro atoms. The number of likely N-dealkylation sites (N-methyl/N-ethyl adjacent to an activating group) is 1. The van der Waals surface area contributed by atoms with Crippen LogP contribution in [-0.2, 0) is 0 Å². The molecule has 0 unspecified atom stereocenters. The molecule has 0 aromatic heterocycles. The van der Waals surface area contributed by atoms with E-state index in [0.29, 0.717) is 5.71 Å². The van der Waals surface area contributed by atoms with Gasteiger partial charge in [-0.25, -0.2) is 0 Å². The highest BCUT2D eigenvalue weighted by atomic mass is 16.3. The molecule has 1 heterocycles. The second kappa shape index (κ2) is 14.0. The average molecular weight is 574 g/mol. The number of azo groups is 1. The van der Waals surface area contributed by atoms with Crippen LogP contribution < -0.4 is 4.90 Å². The fourth-order valence-corrected chi connectivity index (χ4v) is 4.60. The predicted molar refractivity (Wildman–Crippen MR) is 173 cm³/mol. The normalized spacial score (nSPS) is 12.9. The Morgan fingerprint density at radius 2 is 1.33 bits per heavy atom. The first-order valence-corrected chi connectivity index (χ1v) is 14.2. The van der Waals surface area contributed by atoms with Crippen molar-refractivity contribution in [2.75, 3.05) is 38.3 Å². The summed E-state index contributed by atoms with van der Waals surface area (Å²) in [5.74, 6) is 0.342. The van der Waals surface area contributed by atoms with Crippen LogP contribution in [0.1, 0.15) is 23.6 Å². The number of hydrogen-bond acceptors (Lipinski definition) is 9. The Kier molecular flexibility index (Phi) is 9.43. The molecule has 0 bridgehead atoms. The highest BCUT2D eigenvalue weighted by molar-refractivity contribution is 6.13. The molecule has 1 aliphatic rings. The molecule has 43 heavy (non-hydrogen) atoms. The van der Waals surface area contributed by atoms with Gasteiger partial charge < -0.3 is 24.9 Å². The maximum atomic E-state index is 9.67. The molecule has 0 radical (unpaired) electrons. The summed E-state index contributed by atoms with van der Waals surface area (Å²) in [6.07, 6.45) is 5.90. The molecule has 218 valence electrons. The second-order valence-corrected chi connectivity index (χ2v) is 10.2. The van der Waals surface area contributed by atoms with Crippen LogP contribution in [-0.4, -0.2) is 65.3 Å². The van der Waals surface area contributed by atoms with Gasteiger partial charge in [0.1, 0.15) is 17.2 Å². The Balaban J connectivity index is 1.21. The second-order valence-electron chi connectivity index (χ2n) is 10.2. The van der Waals surface area contributed by atoms with Gasteiger partial charge in [0.15, 0.2) is 0 Å². The first-order chi connectivity index (χ1) is 21.0. The molecule has 1 aliphatic heterocycles. The third-order valence-electron chi connectivity index (χ3n) is 7.01. The summed E-state index contributed by atoms with van der Waals surface area (Å²) in [5.41, 5.74) is 5.75. The summed E-state index contributed by atoms with van der Waals surface area (Å²) in [6.45, 7) is 5.96. The van der Waals surface area contributed by atoms with Crippen molar-refractivity contribution < 1.29 is 10.2 Å². The molecule has 2 N–H and O–H groups in total. The number of phenols is 2. The van der Waals surface area contributed by atoms with Crippen molar-refractivity contribution >= 4 is 29.0 Å². The number of hydrogen-bond donors (Lipinski definition) is 2. The minimum atomic E-state index is 0.171. The van der Waals surface area contributed by atoms with E-state index in [0.717, 1.165) is 54.4 Å². The number of rotatable bonds is 11. The summed E-state index contributed by atoms with van der Waals surface area (Å²) in [5, 5.41) is 36.9. The van der Waals surface area contributed by atoms with E-state index in [9.17, 15) is 10.2 Å². The minimum Gasteiger partial charge on any atom is -0.508 e. The van der Waals surface area contributed by atoms with Gasteiger partial charge in [-0.2, -0.15) is 15.3 Å². The van der Waals surface area contributed by atoms with Gasteiger partial charge in [0, 0.05) is 55.9 Å². The van der Waals surface area contributed by atoms with Gasteiger partial charge in [0.05, 0.1) is 24.3 Å². The van der Waals surface area contributed by atoms with Crippen molar-refractivity contribution in [2.24, 2.45) is 20.4 Å². The van der Waals surface area contributed by atoms with Gasteiger partial charge in [-0.1, -0.05) is 12.1 Å². The lowest BCUT2D eigenvalue weighted by Gasteiger charge is -2.26. The predicted octanol–water partition coefficient (Wildman–Crippen LogP) is 6.89. The van der Waals surface area contributed by atoms with Crippen molar-refractivity contribution in [1.29, 1.82) is 0 Å². The molecule has 4 aromatic rings. The SMILES string of the molecule is CCN(CCN1C=CN(C)C1)c1ccc(/N=N/c2ccc(/C=N/N=C(c3ccc(O)cc3)c3ccc(O)cc3)cc2)cc1. The zero-order valence-corrected chi connectivity index (χ0v) is 24.3. The topological polar surface area (TPSA) is 99.6 Å². The van der Waals surface area contributed by atoms with Crippen molar-refractivity contribution in [3.63, 3.8) is 0 Å². The summed E-state index contributed by atoms with van der Waals surface area (Å²) in [4.78, 5) is 6.83. The molecule has 0 amide bonds. The van der Waals surface area contributed by atoms with Gasteiger partial charge >= 0.3 is 0 Å². The molecule has 0 aliphatic carbocycles. The van der Waals surface area contributed by atoms with E-state index in [1.807, 2.05) is 36.4 Å². The van der Waals surface area contributed by atoms with Crippen LogP contribution in [0, 0.1) is 0 Å². The van der Waals surface area contributed by atoms with Crippen molar-refractivity contribution in [3.05, 3.63) is 126 Å². The lowest BCUT2D eigenvalue weighted by molar-refractivity contribution is 0.301. The van der Waals surface area contributed by atoms with E-state index >= 15 is 0 Å². The van der Waals surface area contributed by atoms with Crippen LogP contribution in [0.25, 0.3) is 0 Å². The fourth-order valence-electron chi connectivity index (χ4n) is 4.60. The summed E-state index contributed by atoms with van der Waals surface area (Å²) >= 11 is 0. The van der Waals surface area contributed by atoms with Gasteiger partial charge in [-0.3, -0.25) is 0 Å². The lowest BCUT2D eigenvalue weighted by Crippen LogP contribution is -2.33. The van der Waals surface area contributed by atoms with Gasteiger partial charge in [0.25, 0.3) is 0 Å². The molecule has 0 atom stereocenters. The quantitative estimate of drug-likeness (QED) is 0.116. The number of nitrogens with zero attached hydrogens (tertiary/aromatic N) is 7. The van der Waals surface area contributed by atoms with Crippen molar-refractivity contribution in [1.82, 2.24) is 9.80 Å². The van der Waals surface area contributed by atoms with Crippen LogP contribution in [0.2, 0.25) is 0 Å². The molecule has 9 nitrogen and oxygen atoms in total. The fraction of sp³-hybridized carbons (Fsp3) is 0.176. The first-order valence-electron chi connectivity index (χ1n) is 14.2. The standard InChI is InChI=1S/C34H35N7O2/c1-3-41(23-22-40-21-20-39(2)25-40)31-14-12-30(13-15-31)37-36-29-10-4-26(5-11-29)24-35-38-34(27-6-16-32(42)17-7-27)28-8-18-33(43)19-9-28/h4-21,24,42-43H,3,22-23,25H2,1-2H3/b35-24+,37-36+. The van der Waals surface area contributed by atoms with Crippen molar-refractivity contribution in [3.8, 4) is 11.5 Å². The molecule has 0 saturated heterocycles. The van der Waals surface area contributed by atoms with E-state index < -0.39 is 0 Å². The Labute approximate surface area is 252 Å². The first kappa shape index (κ1) is 29.1. The van der Waals surface area contributed by atoms with Crippen molar-refractivity contribution in [2.45, 2.75) is 6.92 Å². The van der Waals surface area contributed by atoms with E-state index in [2.05, 4.69) is 73.6 Å². The van der Waals surface area contributed by atoms with Crippen LogP contribution in [0.3, 0.4) is 0 Å². The Bertz CT molecular complexity index is 1550. The smallest absolute Gasteiger partial charge is 0.115 e. The molecule has 5 rings (SSSR count). The third kappa shape index (κ3) is 8.07. The summed E-state index contributed by atoms with van der Waals surface area (Å²) in [7, 11) is 2.08. The Hall–Kier alpha value is -5.44. The summed E-state index contributed by atoms with van der Waals surface area (Å²) in [6, 6.07) is 29.2. The number of phenolic OH excluding ortho intramolecular Hbond substituents is 2. The van der Waals surface area contributed by atoms with E-state index in [4.69, 9.17) is 0 Å². The molecule has 0 fully saturated rings. The zero-order chi connectivity index (χ0) is 30.0. The summed E-state index contributed by atoms with van der Waals surface area (Å²) < 4.78 is 0. The van der Waals surface area contributed by atoms with Crippen LogP contribution in [0.4, 0.5) is 17.1 Å². The van der Waals surface area contributed by atoms with E-state index in [1.54, 1.807) is 54.7 Å². The average Bonchev–Trinajstić information content (AvgIpc) is 3.45. The van der Waals surface area contributed by atoms with Gasteiger partial charge in [-0.05, 0) is 97.4 Å². The molecule has 9 heteroatoms. The van der Waals surface area contributed by atoms with Crippen LogP contribution in [0.5, 0.6) is 11.5 Å². The molecular formula is C34H35N7O2. The number of anilines is 1. The van der Waals surface area contributed by atoms with Gasteiger partial charge in [0.2, 0.25) is 0 Å². The Morgan fingerprint density at radius 3 is 1.84 bits per heavy atom. The lowest BCUT2D eigenvalue weighted by atomic mass is 10.0. The molecule has 4 aromatic carbocycles. The third-order valence-corrected chi connectivity index (χ3v) is 7.01. The maximum absolute atomic E-state index is 9.67. The maximum Gasteiger partial charge on any atom is 0.115 e.